The Morgan fingerprint density at radius 3 is 2.51 bits per heavy atom. The molecule has 2 atom stereocenters. The van der Waals surface area contributed by atoms with Gasteiger partial charge in [0.15, 0.2) is 0 Å². The topological polar surface area (TPSA) is 71.9 Å². The average molecular weight is 505 g/mol. The number of carboxylic acids is 1. The molecule has 0 bridgehead atoms. The molecule has 37 heavy (non-hydrogen) atoms. The third-order valence-electron chi connectivity index (χ3n) is 7.86. The van der Waals surface area contributed by atoms with Gasteiger partial charge in [0.2, 0.25) is 0 Å². The van der Waals surface area contributed by atoms with Crippen molar-refractivity contribution in [2.24, 2.45) is 11.8 Å². The number of ether oxygens (including phenoxy) is 2. The number of aryl methyl sites for hydroxylation is 2. The van der Waals surface area contributed by atoms with Crippen molar-refractivity contribution in [1.29, 1.82) is 0 Å². The van der Waals surface area contributed by atoms with Gasteiger partial charge in [-0.3, -0.25) is 9.78 Å². The van der Waals surface area contributed by atoms with E-state index in [9.17, 15) is 9.90 Å². The van der Waals surface area contributed by atoms with Gasteiger partial charge in [-0.2, -0.15) is 0 Å². The van der Waals surface area contributed by atoms with Gasteiger partial charge in [-0.15, -0.1) is 0 Å². The van der Waals surface area contributed by atoms with Crippen molar-refractivity contribution in [2.75, 3.05) is 33.9 Å². The molecule has 0 amide bonds. The number of methoxy groups -OCH3 is 2. The minimum absolute atomic E-state index is 0.260. The number of aromatic nitrogens is 1. The van der Waals surface area contributed by atoms with Gasteiger partial charge in [-0.05, 0) is 117 Å². The molecule has 1 aromatic heterocycles. The Balaban J connectivity index is 1.30. The van der Waals surface area contributed by atoms with Crippen LogP contribution in [0.1, 0.15) is 49.7 Å². The summed E-state index contributed by atoms with van der Waals surface area (Å²) in [6, 6.07) is 16.5. The summed E-state index contributed by atoms with van der Waals surface area (Å²) in [6.07, 6.45) is 9.47. The summed E-state index contributed by atoms with van der Waals surface area (Å²) in [5, 5.41) is 10.5. The Morgan fingerprint density at radius 2 is 1.76 bits per heavy atom. The molecule has 1 N–H and O–H groups in total. The summed E-state index contributed by atoms with van der Waals surface area (Å²) < 4.78 is 10.7. The molecule has 1 aliphatic heterocycles. The number of piperidine rings is 1. The number of hydrogen-bond acceptors (Lipinski definition) is 5. The standard InChI is InChI=1S/C31H40N2O4/c1-36-27-11-8-23(9-12-27)5-4-19-33-20-17-24(26(22-33)10-15-31(34)35)6-3-7-25-16-18-32-30-14-13-28(37-2)21-29(25)30/h8-9,11-14,16,18,21,24,26H,3-7,10,15,17,19-20,22H2,1-2H3,(H,34,35)/t24-,26+/m1/s1. The van der Waals surface area contributed by atoms with Gasteiger partial charge < -0.3 is 19.5 Å². The summed E-state index contributed by atoms with van der Waals surface area (Å²) >= 11 is 0. The summed E-state index contributed by atoms with van der Waals surface area (Å²) in [6.45, 7) is 3.18. The highest BCUT2D eigenvalue weighted by molar-refractivity contribution is 5.83. The molecule has 6 heteroatoms. The van der Waals surface area contributed by atoms with Crippen LogP contribution in [0.4, 0.5) is 0 Å². The lowest BCUT2D eigenvalue weighted by Gasteiger charge is -2.39. The lowest BCUT2D eigenvalue weighted by Crippen LogP contribution is -2.41. The number of carbonyl (C=O) groups is 1. The molecule has 0 spiro atoms. The smallest absolute Gasteiger partial charge is 0.303 e. The van der Waals surface area contributed by atoms with Crippen LogP contribution in [-0.2, 0) is 17.6 Å². The van der Waals surface area contributed by atoms with Gasteiger partial charge in [0.25, 0.3) is 0 Å². The first-order valence-corrected chi connectivity index (χ1v) is 13.5. The zero-order valence-corrected chi connectivity index (χ0v) is 22.2. The molecular weight excluding hydrogens is 464 g/mol. The Bertz CT molecular complexity index is 1150. The Morgan fingerprint density at radius 1 is 0.973 bits per heavy atom. The van der Waals surface area contributed by atoms with Crippen LogP contribution in [0.25, 0.3) is 10.9 Å². The fraction of sp³-hybridized carbons (Fsp3) is 0.484. The fourth-order valence-electron chi connectivity index (χ4n) is 5.76. The molecule has 4 rings (SSSR count). The number of rotatable bonds is 13. The molecule has 0 unspecified atom stereocenters. The molecule has 1 aliphatic rings. The number of likely N-dealkylation sites (tertiary alicyclic amines) is 1. The molecule has 0 radical (unpaired) electrons. The summed E-state index contributed by atoms with van der Waals surface area (Å²) in [5.74, 6) is 2.09. The van der Waals surface area contributed by atoms with E-state index in [4.69, 9.17) is 9.47 Å². The maximum atomic E-state index is 11.3. The molecule has 2 heterocycles. The van der Waals surface area contributed by atoms with Crippen LogP contribution in [0.15, 0.2) is 54.7 Å². The Kier molecular flexibility index (Phi) is 9.78. The van der Waals surface area contributed by atoms with Crippen LogP contribution in [-0.4, -0.2) is 54.8 Å². The van der Waals surface area contributed by atoms with Crippen molar-refractivity contribution in [1.82, 2.24) is 9.88 Å². The van der Waals surface area contributed by atoms with Crippen LogP contribution in [0.5, 0.6) is 11.5 Å². The zero-order chi connectivity index (χ0) is 26.0. The Labute approximate surface area is 220 Å². The highest BCUT2D eigenvalue weighted by Crippen LogP contribution is 2.32. The van der Waals surface area contributed by atoms with Gasteiger partial charge >= 0.3 is 5.97 Å². The van der Waals surface area contributed by atoms with E-state index in [0.29, 0.717) is 11.8 Å². The first-order chi connectivity index (χ1) is 18.1. The normalized spacial score (nSPS) is 18.1. The molecule has 1 fully saturated rings. The van der Waals surface area contributed by atoms with Gasteiger partial charge in [-0.1, -0.05) is 12.1 Å². The Hall–Kier alpha value is -3.12. The summed E-state index contributed by atoms with van der Waals surface area (Å²) in [4.78, 5) is 18.4. The first kappa shape index (κ1) is 26.9. The lowest BCUT2D eigenvalue weighted by atomic mass is 9.79. The third kappa shape index (κ3) is 7.68. The van der Waals surface area contributed by atoms with Crippen molar-refractivity contribution in [3.8, 4) is 11.5 Å². The number of fused-ring (bicyclic) bond motifs is 1. The van der Waals surface area contributed by atoms with Crippen molar-refractivity contribution in [2.45, 2.75) is 51.4 Å². The summed E-state index contributed by atoms with van der Waals surface area (Å²) in [5.41, 5.74) is 3.64. The van der Waals surface area contributed by atoms with Crippen LogP contribution in [0.2, 0.25) is 0 Å². The first-order valence-electron chi connectivity index (χ1n) is 13.5. The minimum atomic E-state index is -0.687. The number of pyridine rings is 1. The van der Waals surface area contributed by atoms with Crippen molar-refractivity contribution >= 4 is 16.9 Å². The average Bonchev–Trinajstić information content (AvgIpc) is 2.93. The quantitative estimate of drug-likeness (QED) is 0.307. The molecule has 198 valence electrons. The van der Waals surface area contributed by atoms with Crippen molar-refractivity contribution < 1.29 is 19.4 Å². The number of benzene rings is 2. The van der Waals surface area contributed by atoms with Crippen LogP contribution in [0.3, 0.4) is 0 Å². The lowest BCUT2D eigenvalue weighted by molar-refractivity contribution is -0.137. The van der Waals surface area contributed by atoms with E-state index < -0.39 is 5.97 Å². The minimum Gasteiger partial charge on any atom is -0.497 e. The fourth-order valence-corrected chi connectivity index (χ4v) is 5.76. The monoisotopic (exact) mass is 504 g/mol. The predicted molar refractivity (Wildman–Crippen MR) is 147 cm³/mol. The molecule has 0 aliphatic carbocycles. The van der Waals surface area contributed by atoms with E-state index in [1.165, 1.54) is 11.1 Å². The van der Waals surface area contributed by atoms with Gasteiger partial charge in [0.1, 0.15) is 11.5 Å². The molecular formula is C31H40N2O4. The van der Waals surface area contributed by atoms with E-state index >= 15 is 0 Å². The van der Waals surface area contributed by atoms with Crippen LogP contribution >= 0.6 is 0 Å². The van der Waals surface area contributed by atoms with Crippen LogP contribution < -0.4 is 9.47 Å². The maximum absolute atomic E-state index is 11.3. The molecule has 6 nitrogen and oxygen atoms in total. The van der Waals surface area contributed by atoms with E-state index in [-0.39, 0.29) is 6.42 Å². The molecule has 3 aromatic rings. The van der Waals surface area contributed by atoms with E-state index in [2.05, 4.69) is 34.1 Å². The highest BCUT2D eigenvalue weighted by atomic mass is 16.5. The van der Waals surface area contributed by atoms with Gasteiger partial charge in [-0.25, -0.2) is 0 Å². The molecule has 1 saturated heterocycles. The van der Waals surface area contributed by atoms with E-state index in [1.807, 2.05) is 30.5 Å². The second kappa shape index (κ2) is 13.4. The highest BCUT2D eigenvalue weighted by Gasteiger charge is 2.29. The summed E-state index contributed by atoms with van der Waals surface area (Å²) in [7, 11) is 3.39. The second-order valence-corrected chi connectivity index (χ2v) is 10.2. The van der Waals surface area contributed by atoms with E-state index in [1.54, 1.807) is 14.2 Å². The van der Waals surface area contributed by atoms with E-state index in [0.717, 1.165) is 87.0 Å². The number of aliphatic carboxylic acids is 1. The van der Waals surface area contributed by atoms with Crippen LogP contribution in [0, 0.1) is 11.8 Å². The van der Waals surface area contributed by atoms with Gasteiger partial charge in [0, 0.05) is 24.5 Å². The number of carboxylic acid groups (broad SMARTS) is 1. The van der Waals surface area contributed by atoms with Crippen molar-refractivity contribution in [3.63, 3.8) is 0 Å². The largest absolute Gasteiger partial charge is 0.497 e. The zero-order valence-electron chi connectivity index (χ0n) is 22.2. The SMILES string of the molecule is COc1ccc(CCCN2CC[C@@H](CCCc3ccnc4ccc(OC)cc34)[C@@H](CCC(=O)O)C2)cc1. The number of hydrogen-bond donors (Lipinski definition) is 1. The molecule has 2 aromatic carbocycles. The number of nitrogens with zero attached hydrogens (tertiary/aromatic N) is 2. The predicted octanol–water partition coefficient (Wildman–Crippen LogP) is 6.01. The third-order valence-corrected chi connectivity index (χ3v) is 7.86. The molecule has 0 saturated carbocycles. The maximum Gasteiger partial charge on any atom is 0.303 e. The van der Waals surface area contributed by atoms with Gasteiger partial charge in [0.05, 0.1) is 19.7 Å². The second-order valence-electron chi connectivity index (χ2n) is 10.2. The van der Waals surface area contributed by atoms with Crippen molar-refractivity contribution in [3.05, 3.63) is 65.9 Å².